The summed E-state index contributed by atoms with van der Waals surface area (Å²) in [6.45, 7) is 1.99. The van der Waals surface area contributed by atoms with E-state index in [9.17, 15) is 9.18 Å². The highest BCUT2D eigenvalue weighted by Crippen LogP contribution is 2.37. The monoisotopic (exact) mass is 407 g/mol. The van der Waals surface area contributed by atoms with E-state index in [4.69, 9.17) is 9.26 Å². The van der Waals surface area contributed by atoms with Crippen molar-refractivity contribution < 1.29 is 13.7 Å². The lowest BCUT2D eigenvalue weighted by Gasteiger charge is -2.33. The number of nitrogens with zero attached hydrogens (tertiary/aromatic N) is 5. The lowest BCUT2D eigenvalue weighted by Crippen LogP contribution is -2.32. The Bertz CT molecular complexity index is 1280. The fourth-order valence-corrected chi connectivity index (χ4v) is 3.59. The largest absolute Gasteiger partial charge is 0.490 e. The van der Waals surface area contributed by atoms with Crippen molar-refractivity contribution in [3.63, 3.8) is 0 Å². The molecule has 0 bridgehead atoms. The van der Waals surface area contributed by atoms with Gasteiger partial charge in [0.1, 0.15) is 30.5 Å². The van der Waals surface area contributed by atoms with Gasteiger partial charge in [-0.1, -0.05) is 11.2 Å². The molecular formula is C21H18FN5O3. The highest BCUT2D eigenvalue weighted by Gasteiger charge is 2.35. The maximum atomic E-state index is 13.3. The van der Waals surface area contributed by atoms with Gasteiger partial charge in [0.15, 0.2) is 11.5 Å². The molecule has 9 heteroatoms. The number of aryl methyl sites for hydroxylation is 1. The zero-order valence-electron chi connectivity index (χ0n) is 16.2. The summed E-state index contributed by atoms with van der Waals surface area (Å²) in [7, 11) is 0. The van der Waals surface area contributed by atoms with Crippen molar-refractivity contribution in [3.8, 4) is 5.75 Å². The van der Waals surface area contributed by atoms with Crippen molar-refractivity contribution in [2.45, 2.75) is 38.3 Å². The number of benzene rings is 1. The minimum absolute atomic E-state index is 0.0125. The number of fused-ring (bicyclic) bond motifs is 1. The van der Waals surface area contributed by atoms with E-state index in [1.165, 1.54) is 23.0 Å². The maximum absolute atomic E-state index is 13.3. The van der Waals surface area contributed by atoms with E-state index in [1.807, 2.05) is 6.92 Å². The normalized spacial score (nSPS) is 18.3. The van der Waals surface area contributed by atoms with Crippen LogP contribution in [0, 0.1) is 12.7 Å². The molecule has 0 saturated heterocycles. The Kier molecular flexibility index (Phi) is 4.50. The van der Waals surface area contributed by atoms with Crippen molar-refractivity contribution >= 4 is 11.0 Å². The molecule has 0 N–H and O–H groups in total. The summed E-state index contributed by atoms with van der Waals surface area (Å²) >= 11 is 0. The zero-order valence-corrected chi connectivity index (χ0v) is 16.2. The van der Waals surface area contributed by atoms with Gasteiger partial charge in [-0.05, 0) is 43.5 Å². The summed E-state index contributed by atoms with van der Waals surface area (Å²) in [6, 6.07) is 7.88. The molecule has 4 aromatic rings. The van der Waals surface area contributed by atoms with Gasteiger partial charge in [-0.25, -0.2) is 14.4 Å². The lowest BCUT2D eigenvalue weighted by atomic mass is 9.82. The molecule has 152 valence electrons. The molecule has 1 fully saturated rings. The number of aromatic nitrogens is 5. The average molecular weight is 407 g/mol. The van der Waals surface area contributed by atoms with Crippen molar-refractivity contribution in [1.82, 2.24) is 24.7 Å². The molecule has 1 aliphatic rings. The first-order chi connectivity index (χ1) is 14.6. The van der Waals surface area contributed by atoms with Crippen molar-refractivity contribution in [3.05, 3.63) is 76.3 Å². The molecule has 5 rings (SSSR count). The Morgan fingerprint density at radius 1 is 1.27 bits per heavy atom. The summed E-state index contributed by atoms with van der Waals surface area (Å²) in [4.78, 5) is 25.6. The topological polar surface area (TPSA) is 95.9 Å². The number of hydrogen-bond donors (Lipinski definition) is 0. The van der Waals surface area contributed by atoms with Gasteiger partial charge in [0.25, 0.3) is 5.56 Å². The first-order valence-electron chi connectivity index (χ1n) is 9.62. The number of halogens is 1. The molecule has 8 nitrogen and oxygen atoms in total. The van der Waals surface area contributed by atoms with E-state index in [0.29, 0.717) is 28.5 Å². The van der Waals surface area contributed by atoms with Gasteiger partial charge in [0, 0.05) is 18.2 Å². The smallest absolute Gasteiger partial charge is 0.263 e. The van der Waals surface area contributed by atoms with E-state index in [2.05, 4.69) is 20.1 Å². The molecule has 0 spiro atoms. The van der Waals surface area contributed by atoms with Crippen LogP contribution in [0.5, 0.6) is 5.75 Å². The summed E-state index contributed by atoms with van der Waals surface area (Å²) in [6.07, 6.45) is 4.49. The molecule has 0 atom stereocenters. The zero-order chi connectivity index (χ0) is 20.7. The predicted molar refractivity (Wildman–Crippen MR) is 105 cm³/mol. The second-order valence-corrected chi connectivity index (χ2v) is 7.42. The van der Waals surface area contributed by atoms with Crippen LogP contribution >= 0.6 is 0 Å². The van der Waals surface area contributed by atoms with Gasteiger partial charge in [-0.15, -0.1) is 0 Å². The molecule has 3 aromatic heterocycles. The molecule has 1 saturated carbocycles. The van der Waals surface area contributed by atoms with Gasteiger partial charge in [-0.3, -0.25) is 9.36 Å². The van der Waals surface area contributed by atoms with E-state index in [1.54, 1.807) is 24.4 Å². The van der Waals surface area contributed by atoms with Gasteiger partial charge in [-0.2, -0.15) is 4.98 Å². The molecule has 3 heterocycles. The van der Waals surface area contributed by atoms with Crippen LogP contribution in [0.4, 0.5) is 4.39 Å². The third kappa shape index (κ3) is 3.42. The minimum atomic E-state index is -0.324. The van der Waals surface area contributed by atoms with Crippen molar-refractivity contribution in [1.29, 1.82) is 0 Å². The Labute approximate surface area is 170 Å². The Morgan fingerprint density at radius 3 is 2.97 bits per heavy atom. The SMILES string of the molecule is Cc1ccnc2ncn(Cc3nc([C@H]4C[C@H](Oc5cccc(F)c5)C4)no3)c(=O)c12. The lowest BCUT2D eigenvalue weighted by molar-refractivity contribution is 0.0939. The Balaban J connectivity index is 1.26. The van der Waals surface area contributed by atoms with Crippen LogP contribution in [0.15, 0.2) is 52.2 Å². The Morgan fingerprint density at radius 2 is 2.13 bits per heavy atom. The van der Waals surface area contributed by atoms with Gasteiger partial charge < -0.3 is 9.26 Å². The number of ether oxygens (including phenoxy) is 1. The van der Waals surface area contributed by atoms with Gasteiger partial charge in [0.05, 0.1) is 5.39 Å². The van der Waals surface area contributed by atoms with Crippen LogP contribution in [0.1, 0.15) is 36.0 Å². The van der Waals surface area contributed by atoms with Crippen molar-refractivity contribution in [2.75, 3.05) is 0 Å². The van der Waals surface area contributed by atoms with E-state index < -0.39 is 0 Å². The highest BCUT2D eigenvalue weighted by atomic mass is 19.1. The first kappa shape index (κ1) is 18.4. The van der Waals surface area contributed by atoms with E-state index in [0.717, 1.165) is 18.4 Å². The van der Waals surface area contributed by atoms with Crippen LogP contribution in [-0.4, -0.2) is 30.8 Å². The second-order valence-electron chi connectivity index (χ2n) is 7.42. The van der Waals surface area contributed by atoms with Crippen LogP contribution in [-0.2, 0) is 6.54 Å². The van der Waals surface area contributed by atoms with E-state index in [-0.39, 0.29) is 29.9 Å². The van der Waals surface area contributed by atoms with Crippen molar-refractivity contribution in [2.24, 2.45) is 0 Å². The Hall–Kier alpha value is -3.62. The molecule has 30 heavy (non-hydrogen) atoms. The predicted octanol–water partition coefficient (Wildman–Crippen LogP) is 3.00. The van der Waals surface area contributed by atoms with Crippen LogP contribution in [0.2, 0.25) is 0 Å². The van der Waals surface area contributed by atoms with Crippen LogP contribution < -0.4 is 10.3 Å². The van der Waals surface area contributed by atoms with Gasteiger partial charge in [0.2, 0.25) is 5.89 Å². The average Bonchev–Trinajstić information content (AvgIpc) is 3.14. The minimum Gasteiger partial charge on any atom is -0.490 e. The second kappa shape index (κ2) is 7.33. The number of hydrogen-bond acceptors (Lipinski definition) is 7. The molecule has 1 aromatic carbocycles. The maximum Gasteiger partial charge on any atom is 0.263 e. The summed E-state index contributed by atoms with van der Waals surface area (Å²) in [5, 5.41) is 4.53. The quantitative estimate of drug-likeness (QED) is 0.502. The molecule has 1 aliphatic carbocycles. The fourth-order valence-electron chi connectivity index (χ4n) is 3.59. The molecule has 0 aliphatic heterocycles. The first-order valence-corrected chi connectivity index (χ1v) is 9.62. The van der Waals surface area contributed by atoms with Crippen LogP contribution in [0.25, 0.3) is 11.0 Å². The van der Waals surface area contributed by atoms with Crippen LogP contribution in [0.3, 0.4) is 0 Å². The molecule has 0 radical (unpaired) electrons. The highest BCUT2D eigenvalue weighted by molar-refractivity contribution is 5.76. The molecule has 0 amide bonds. The third-order valence-corrected chi connectivity index (χ3v) is 5.28. The van der Waals surface area contributed by atoms with Gasteiger partial charge >= 0.3 is 0 Å². The summed E-state index contributed by atoms with van der Waals surface area (Å²) < 4.78 is 25.8. The summed E-state index contributed by atoms with van der Waals surface area (Å²) in [5.41, 5.74) is 1.04. The standard InChI is InChI=1S/C21H18FN5O3/c1-12-5-6-23-20-18(12)21(28)27(11-24-20)10-17-25-19(26-30-17)13-7-16(8-13)29-15-4-2-3-14(22)9-15/h2-6,9,11,13,16H,7-8,10H2,1H3/t13-,16-. The molecular weight excluding hydrogens is 389 g/mol. The number of rotatable bonds is 5. The fraction of sp³-hybridized carbons (Fsp3) is 0.286. The third-order valence-electron chi connectivity index (χ3n) is 5.28. The van der Waals surface area contributed by atoms with E-state index >= 15 is 0 Å². The molecule has 0 unspecified atom stereocenters. The summed E-state index contributed by atoms with van der Waals surface area (Å²) in [5.74, 6) is 1.22. The number of pyridine rings is 1.